The summed E-state index contributed by atoms with van der Waals surface area (Å²) in [6, 6.07) is 8.57. The van der Waals surface area contributed by atoms with Crippen LogP contribution in [-0.4, -0.2) is 43.8 Å². The van der Waals surface area contributed by atoms with Gasteiger partial charge in [-0.2, -0.15) is 4.31 Å². The Morgan fingerprint density at radius 2 is 1.18 bits per heavy atom. The summed E-state index contributed by atoms with van der Waals surface area (Å²) in [4.78, 5) is 2.85. The molecule has 1 saturated heterocycles. The molecule has 0 atom stereocenters. The lowest BCUT2D eigenvalue weighted by atomic mass is 9.95. The first-order chi connectivity index (χ1) is 13.1. The smallest absolute Gasteiger partial charge is 0.243 e. The molecule has 0 amide bonds. The first-order valence-corrected chi connectivity index (χ1v) is 11.4. The third-order valence-electron chi connectivity index (χ3n) is 6.39. The summed E-state index contributed by atoms with van der Waals surface area (Å²) in [6.07, 6.45) is 0. The van der Waals surface area contributed by atoms with Crippen LogP contribution in [0, 0.1) is 41.5 Å². The molecule has 3 rings (SSSR count). The fraction of sp³-hybridized carbons (Fsp3) is 0.478. The molecule has 0 unspecified atom stereocenters. The highest BCUT2D eigenvalue weighted by Gasteiger charge is 2.32. The van der Waals surface area contributed by atoms with Crippen LogP contribution in [0.3, 0.4) is 0 Å². The predicted octanol–water partition coefficient (Wildman–Crippen LogP) is 4.04. The van der Waals surface area contributed by atoms with Crippen LogP contribution in [0.1, 0.15) is 38.9 Å². The van der Waals surface area contributed by atoms with Crippen LogP contribution in [0.25, 0.3) is 0 Å². The maximum Gasteiger partial charge on any atom is 0.243 e. The van der Waals surface area contributed by atoms with Crippen LogP contribution >= 0.6 is 0 Å². The Bertz CT molecular complexity index is 942. The van der Waals surface area contributed by atoms with Crippen LogP contribution in [0.4, 0.5) is 0 Å². The van der Waals surface area contributed by atoms with E-state index in [0.29, 0.717) is 18.0 Å². The monoisotopic (exact) mass is 400 g/mol. The minimum Gasteiger partial charge on any atom is -0.296 e. The molecule has 1 heterocycles. The van der Waals surface area contributed by atoms with Gasteiger partial charge in [-0.15, -0.1) is 0 Å². The van der Waals surface area contributed by atoms with Gasteiger partial charge in [-0.1, -0.05) is 29.8 Å². The summed E-state index contributed by atoms with van der Waals surface area (Å²) in [7, 11) is -3.48. The van der Waals surface area contributed by atoms with E-state index in [0.717, 1.165) is 41.9 Å². The fourth-order valence-electron chi connectivity index (χ4n) is 4.06. The van der Waals surface area contributed by atoms with E-state index >= 15 is 0 Å². The molecule has 0 N–H and O–H groups in total. The highest BCUT2D eigenvalue weighted by molar-refractivity contribution is 7.89. The maximum absolute atomic E-state index is 13.5. The number of sulfonamides is 1. The Labute approximate surface area is 170 Å². The zero-order valence-electron chi connectivity index (χ0n) is 18.0. The van der Waals surface area contributed by atoms with E-state index in [1.54, 1.807) is 4.31 Å². The normalized spacial score (nSPS) is 16.5. The minimum absolute atomic E-state index is 0.514. The zero-order valence-corrected chi connectivity index (χ0v) is 18.8. The van der Waals surface area contributed by atoms with Gasteiger partial charge in [0.1, 0.15) is 0 Å². The van der Waals surface area contributed by atoms with Crippen LogP contribution in [0.15, 0.2) is 29.2 Å². The van der Waals surface area contributed by atoms with Crippen molar-refractivity contribution < 1.29 is 8.42 Å². The molecule has 2 aromatic rings. The van der Waals surface area contributed by atoms with Crippen LogP contribution < -0.4 is 0 Å². The van der Waals surface area contributed by atoms with E-state index in [1.165, 1.54) is 16.7 Å². The Morgan fingerprint density at radius 3 is 1.68 bits per heavy atom. The molecule has 0 spiro atoms. The van der Waals surface area contributed by atoms with Gasteiger partial charge in [-0.05, 0) is 74.9 Å². The Balaban J connectivity index is 1.78. The molecule has 28 heavy (non-hydrogen) atoms. The van der Waals surface area contributed by atoms with E-state index in [1.807, 2.05) is 27.7 Å². The predicted molar refractivity (Wildman–Crippen MR) is 115 cm³/mol. The number of benzene rings is 2. The topological polar surface area (TPSA) is 40.6 Å². The molecule has 1 aliphatic heterocycles. The zero-order chi connectivity index (χ0) is 20.6. The number of piperazine rings is 1. The quantitative estimate of drug-likeness (QED) is 0.778. The van der Waals surface area contributed by atoms with E-state index in [9.17, 15) is 8.42 Å². The van der Waals surface area contributed by atoms with Crippen molar-refractivity contribution in [2.45, 2.75) is 53.0 Å². The van der Waals surface area contributed by atoms with Crippen molar-refractivity contribution in [2.24, 2.45) is 0 Å². The molecule has 5 heteroatoms. The first kappa shape index (κ1) is 21.0. The lowest BCUT2D eigenvalue weighted by molar-refractivity contribution is 0.181. The third-order valence-corrected chi connectivity index (χ3v) is 8.56. The van der Waals surface area contributed by atoms with Gasteiger partial charge < -0.3 is 0 Å². The van der Waals surface area contributed by atoms with E-state index in [2.05, 4.69) is 43.0 Å². The molecule has 152 valence electrons. The van der Waals surface area contributed by atoms with Gasteiger partial charge in [0.15, 0.2) is 0 Å². The second-order valence-electron chi connectivity index (χ2n) is 8.12. The van der Waals surface area contributed by atoms with Gasteiger partial charge >= 0.3 is 0 Å². The number of hydrogen-bond donors (Lipinski definition) is 0. The van der Waals surface area contributed by atoms with Crippen LogP contribution in [0.2, 0.25) is 0 Å². The van der Waals surface area contributed by atoms with Crippen molar-refractivity contribution in [1.29, 1.82) is 0 Å². The van der Waals surface area contributed by atoms with Crippen molar-refractivity contribution in [3.63, 3.8) is 0 Å². The summed E-state index contributed by atoms with van der Waals surface area (Å²) >= 11 is 0. The molecule has 0 radical (unpaired) electrons. The van der Waals surface area contributed by atoms with Gasteiger partial charge in [-0.3, -0.25) is 4.90 Å². The van der Waals surface area contributed by atoms with Crippen LogP contribution in [-0.2, 0) is 16.6 Å². The third kappa shape index (κ3) is 3.88. The summed E-state index contributed by atoms with van der Waals surface area (Å²) in [5.41, 5.74) is 7.68. The first-order valence-electron chi connectivity index (χ1n) is 9.98. The molecule has 2 aromatic carbocycles. The Hall–Kier alpha value is -1.69. The average Bonchev–Trinajstić information content (AvgIpc) is 2.67. The Kier molecular flexibility index (Phi) is 5.99. The second-order valence-corrected chi connectivity index (χ2v) is 9.99. The molecule has 0 aromatic heterocycles. The number of nitrogens with zero attached hydrogens (tertiary/aromatic N) is 2. The van der Waals surface area contributed by atoms with Gasteiger partial charge in [-0.25, -0.2) is 8.42 Å². The van der Waals surface area contributed by atoms with Crippen molar-refractivity contribution in [2.75, 3.05) is 26.2 Å². The summed E-state index contributed by atoms with van der Waals surface area (Å²) in [6.45, 7) is 15.6. The highest BCUT2D eigenvalue weighted by atomic mass is 32.2. The highest BCUT2D eigenvalue weighted by Crippen LogP contribution is 2.32. The van der Waals surface area contributed by atoms with Crippen molar-refractivity contribution in [3.05, 3.63) is 63.2 Å². The van der Waals surface area contributed by atoms with Crippen molar-refractivity contribution >= 4 is 10.0 Å². The largest absolute Gasteiger partial charge is 0.296 e. The molecule has 1 fully saturated rings. The summed E-state index contributed by atoms with van der Waals surface area (Å²) < 4.78 is 28.6. The summed E-state index contributed by atoms with van der Waals surface area (Å²) in [5.74, 6) is 0. The Morgan fingerprint density at radius 1 is 0.714 bits per heavy atom. The molecule has 0 saturated carbocycles. The lowest BCUT2D eigenvalue weighted by Crippen LogP contribution is -2.48. The molecular weight excluding hydrogens is 368 g/mol. The average molecular weight is 401 g/mol. The minimum atomic E-state index is -3.48. The van der Waals surface area contributed by atoms with E-state index in [4.69, 9.17) is 0 Å². The number of rotatable bonds is 4. The van der Waals surface area contributed by atoms with Gasteiger partial charge in [0.05, 0.1) is 4.90 Å². The molecule has 4 nitrogen and oxygen atoms in total. The molecule has 0 bridgehead atoms. The molecular formula is C23H32N2O2S. The lowest BCUT2D eigenvalue weighted by Gasteiger charge is -2.35. The van der Waals surface area contributed by atoms with E-state index in [-0.39, 0.29) is 0 Å². The van der Waals surface area contributed by atoms with Crippen molar-refractivity contribution in [3.8, 4) is 0 Å². The molecule has 1 aliphatic rings. The summed E-state index contributed by atoms with van der Waals surface area (Å²) in [5, 5.41) is 0. The van der Waals surface area contributed by atoms with Crippen molar-refractivity contribution in [1.82, 2.24) is 9.21 Å². The molecule has 0 aliphatic carbocycles. The number of aryl methyl sites for hydroxylation is 1. The van der Waals surface area contributed by atoms with Gasteiger partial charge in [0.2, 0.25) is 10.0 Å². The van der Waals surface area contributed by atoms with Gasteiger partial charge in [0, 0.05) is 32.7 Å². The maximum atomic E-state index is 13.5. The number of hydrogen-bond acceptors (Lipinski definition) is 3. The second kappa shape index (κ2) is 7.97. The van der Waals surface area contributed by atoms with Crippen LogP contribution in [0.5, 0.6) is 0 Å². The van der Waals surface area contributed by atoms with Gasteiger partial charge in [0.25, 0.3) is 0 Å². The SMILES string of the molecule is Cc1ccc(CN2CCN(S(=O)(=O)c3c(C)c(C)c(C)c(C)c3C)CC2)cc1. The fourth-order valence-corrected chi connectivity index (χ4v) is 6.04. The standard InChI is InChI=1S/C23H32N2O2S/c1-16-7-9-22(10-8-16)15-24-11-13-25(14-12-24)28(26,27)23-20(5)18(3)17(2)19(4)21(23)6/h7-10H,11-15H2,1-6H3. The van der Waals surface area contributed by atoms with E-state index < -0.39 is 10.0 Å².